The van der Waals surface area contributed by atoms with Gasteiger partial charge in [-0.25, -0.2) is 4.99 Å². The highest BCUT2D eigenvalue weighted by molar-refractivity contribution is 6.33. The molecule has 0 aromatic heterocycles. The second-order valence-corrected chi connectivity index (χ2v) is 9.01. The van der Waals surface area contributed by atoms with E-state index in [0.29, 0.717) is 29.4 Å². The van der Waals surface area contributed by atoms with Gasteiger partial charge in [0.05, 0.1) is 19.2 Å². The minimum atomic E-state index is -0.283. The van der Waals surface area contributed by atoms with E-state index in [0.717, 1.165) is 16.7 Å². The van der Waals surface area contributed by atoms with Gasteiger partial charge in [-0.1, -0.05) is 78.9 Å². The number of hydrogen-bond acceptors (Lipinski definition) is 5. The zero-order valence-corrected chi connectivity index (χ0v) is 21.4. The monoisotopic (exact) mass is 517 g/mol. The van der Waals surface area contributed by atoms with Crippen molar-refractivity contribution in [3.63, 3.8) is 0 Å². The highest BCUT2D eigenvalue weighted by atomic mass is 16.5. The zero-order chi connectivity index (χ0) is 27.2. The number of phenols is 1. The number of carbonyl (C=O) groups excluding carboxylic acids is 2. The van der Waals surface area contributed by atoms with Gasteiger partial charge in [0.1, 0.15) is 11.5 Å². The predicted molar refractivity (Wildman–Crippen MR) is 152 cm³/mol. The molecule has 0 fully saturated rings. The summed E-state index contributed by atoms with van der Waals surface area (Å²) < 4.78 is 5.20. The number of rotatable bonds is 8. The molecule has 1 aliphatic rings. The normalized spacial score (nSPS) is 13.9. The van der Waals surface area contributed by atoms with Crippen LogP contribution in [0.5, 0.6) is 11.5 Å². The molecule has 0 spiro atoms. The average molecular weight is 518 g/mol. The van der Waals surface area contributed by atoms with E-state index in [-0.39, 0.29) is 29.7 Å². The molecule has 2 N–H and O–H groups in total. The molecule has 1 heterocycles. The number of aliphatic imine (C=N–C) groups is 1. The molecule has 0 aliphatic carbocycles. The maximum atomic E-state index is 13.6. The van der Waals surface area contributed by atoms with Gasteiger partial charge in [0, 0.05) is 12.1 Å². The minimum Gasteiger partial charge on any atom is -0.504 e. The summed E-state index contributed by atoms with van der Waals surface area (Å²) in [6, 6.07) is 31.4. The third-order valence-electron chi connectivity index (χ3n) is 6.29. The molecule has 0 bridgehead atoms. The molecule has 39 heavy (non-hydrogen) atoms. The lowest BCUT2D eigenvalue weighted by atomic mass is 10.1. The van der Waals surface area contributed by atoms with Crippen molar-refractivity contribution >= 4 is 29.4 Å². The standard InChI is InChI=1S/C32H27N3O4/c1-39-29-19-24(14-17-28(29)36)18-27-32(38)35(31(34-27)25-10-6-3-7-11-25)26-15-12-22(13-16-26)20-30(37)33-21-23-8-4-2-5-9-23/h2-19,36H,20-21H2,1H3,(H,33,37). The van der Waals surface area contributed by atoms with Crippen molar-refractivity contribution in [2.24, 2.45) is 4.99 Å². The summed E-state index contributed by atoms with van der Waals surface area (Å²) in [6.45, 7) is 0.471. The fourth-order valence-electron chi connectivity index (χ4n) is 4.29. The molecule has 0 unspecified atom stereocenters. The molecule has 2 amide bonds. The first kappa shape index (κ1) is 25.5. The number of methoxy groups -OCH3 is 1. The van der Waals surface area contributed by atoms with Crippen LogP contribution in [0.25, 0.3) is 6.08 Å². The van der Waals surface area contributed by atoms with Gasteiger partial charge in [0.2, 0.25) is 5.91 Å². The van der Waals surface area contributed by atoms with Crippen molar-refractivity contribution in [1.82, 2.24) is 5.32 Å². The molecule has 4 aromatic rings. The summed E-state index contributed by atoms with van der Waals surface area (Å²) in [5, 5.41) is 12.9. The third kappa shape index (κ3) is 5.88. The van der Waals surface area contributed by atoms with Gasteiger partial charge in [0.25, 0.3) is 5.91 Å². The van der Waals surface area contributed by atoms with Gasteiger partial charge in [-0.3, -0.25) is 14.5 Å². The largest absolute Gasteiger partial charge is 0.504 e. The number of carbonyl (C=O) groups is 2. The first-order chi connectivity index (χ1) is 19.0. The molecule has 0 saturated heterocycles. The first-order valence-electron chi connectivity index (χ1n) is 12.5. The fourth-order valence-corrected chi connectivity index (χ4v) is 4.29. The van der Waals surface area contributed by atoms with E-state index in [4.69, 9.17) is 4.74 Å². The number of hydrogen-bond donors (Lipinski definition) is 2. The van der Waals surface area contributed by atoms with Crippen LogP contribution in [0.3, 0.4) is 0 Å². The van der Waals surface area contributed by atoms with Crippen LogP contribution < -0.4 is 15.0 Å². The number of amides is 2. The molecule has 0 saturated carbocycles. The lowest BCUT2D eigenvalue weighted by Crippen LogP contribution is -2.32. The van der Waals surface area contributed by atoms with E-state index in [1.807, 2.05) is 84.9 Å². The summed E-state index contributed by atoms with van der Waals surface area (Å²) >= 11 is 0. The van der Waals surface area contributed by atoms with Crippen LogP contribution in [0.1, 0.15) is 22.3 Å². The molecule has 1 aliphatic heterocycles. The van der Waals surface area contributed by atoms with Crippen molar-refractivity contribution in [2.75, 3.05) is 12.0 Å². The number of phenolic OH excluding ortho intramolecular Hbond substituents is 1. The molecule has 0 atom stereocenters. The maximum Gasteiger partial charge on any atom is 0.282 e. The molecular formula is C32H27N3O4. The Morgan fingerprint density at radius 3 is 2.31 bits per heavy atom. The maximum absolute atomic E-state index is 13.6. The van der Waals surface area contributed by atoms with E-state index in [1.165, 1.54) is 13.2 Å². The molecule has 7 nitrogen and oxygen atoms in total. The van der Waals surface area contributed by atoms with Crippen LogP contribution in [0.2, 0.25) is 0 Å². The van der Waals surface area contributed by atoms with Crippen LogP contribution in [0.4, 0.5) is 5.69 Å². The van der Waals surface area contributed by atoms with Gasteiger partial charge in [-0.15, -0.1) is 0 Å². The molecule has 194 valence electrons. The lowest BCUT2D eigenvalue weighted by Gasteiger charge is -2.19. The van der Waals surface area contributed by atoms with Crippen LogP contribution in [-0.2, 0) is 22.6 Å². The SMILES string of the molecule is COc1cc(C=C2N=C(c3ccccc3)N(c3ccc(CC(=O)NCc4ccccc4)cc3)C2=O)ccc1O. The molecular weight excluding hydrogens is 490 g/mol. The smallest absolute Gasteiger partial charge is 0.282 e. The van der Waals surface area contributed by atoms with Crippen LogP contribution in [-0.4, -0.2) is 29.9 Å². The Morgan fingerprint density at radius 1 is 0.923 bits per heavy atom. The number of aromatic hydroxyl groups is 1. The van der Waals surface area contributed by atoms with Crippen molar-refractivity contribution in [2.45, 2.75) is 13.0 Å². The number of anilines is 1. The first-order valence-corrected chi connectivity index (χ1v) is 12.5. The minimum absolute atomic E-state index is 0.0151. The van der Waals surface area contributed by atoms with Crippen molar-refractivity contribution in [3.05, 3.63) is 131 Å². The Morgan fingerprint density at radius 2 is 1.62 bits per heavy atom. The topological polar surface area (TPSA) is 91.2 Å². The van der Waals surface area contributed by atoms with Gasteiger partial charge in [0.15, 0.2) is 11.5 Å². The highest BCUT2D eigenvalue weighted by Crippen LogP contribution is 2.31. The second kappa shape index (κ2) is 11.5. The summed E-state index contributed by atoms with van der Waals surface area (Å²) in [4.78, 5) is 32.3. The molecule has 5 rings (SSSR count). The third-order valence-corrected chi connectivity index (χ3v) is 6.29. The Bertz CT molecular complexity index is 1550. The fraction of sp³-hybridized carbons (Fsp3) is 0.0938. The molecule has 0 radical (unpaired) electrons. The van der Waals surface area contributed by atoms with Gasteiger partial charge in [-0.05, 0) is 47.0 Å². The highest BCUT2D eigenvalue weighted by Gasteiger charge is 2.32. The number of nitrogens with zero attached hydrogens (tertiary/aromatic N) is 2. The van der Waals surface area contributed by atoms with Crippen LogP contribution >= 0.6 is 0 Å². The average Bonchev–Trinajstić information content (AvgIpc) is 3.29. The number of ether oxygens (including phenoxy) is 1. The summed E-state index contributed by atoms with van der Waals surface area (Å²) in [5.41, 5.74) is 4.23. The van der Waals surface area contributed by atoms with Gasteiger partial charge >= 0.3 is 0 Å². The van der Waals surface area contributed by atoms with E-state index in [1.54, 1.807) is 23.1 Å². The second-order valence-electron chi connectivity index (χ2n) is 9.01. The zero-order valence-electron chi connectivity index (χ0n) is 21.4. The predicted octanol–water partition coefficient (Wildman–Crippen LogP) is 5.09. The van der Waals surface area contributed by atoms with Crippen LogP contribution in [0.15, 0.2) is 114 Å². The van der Waals surface area contributed by atoms with Gasteiger partial charge in [-0.2, -0.15) is 0 Å². The van der Waals surface area contributed by atoms with E-state index in [2.05, 4.69) is 10.3 Å². The van der Waals surface area contributed by atoms with Crippen molar-refractivity contribution in [3.8, 4) is 11.5 Å². The van der Waals surface area contributed by atoms with Crippen molar-refractivity contribution in [1.29, 1.82) is 0 Å². The lowest BCUT2D eigenvalue weighted by molar-refractivity contribution is -0.120. The number of amidine groups is 1. The quantitative estimate of drug-likeness (QED) is 0.319. The summed E-state index contributed by atoms with van der Waals surface area (Å²) in [5.74, 6) is 0.466. The van der Waals surface area contributed by atoms with E-state index in [9.17, 15) is 14.7 Å². The van der Waals surface area contributed by atoms with E-state index >= 15 is 0 Å². The summed E-state index contributed by atoms with van der Waals surface area (Å²) in [7, 11) is 1.47. The Hall–Kier alpha value is -5.17. The van der Waals surface area contributed by atoms with Gasteiger partial charge < -0.3 is 15.2 Å². The van der Waals surface area contributed by atoms with Crippen molar-refractivity contribution < 1.29 is 19.4 Å². The van der Waals surface area contributed by atoms with E-state index < -0.39 is 0 Å². The number of nitrogens with one attached hydrogen (secondary N) is 1. The summed E-state index contributed by atoms with van der Waals surface area (Å²) in [6.07, 6.45) is 1.90. The van der Waals surface area contributed by atoms with Crippen LogP contribution in [0, 0.1) is 0 Å². The molecule has 4 aromatic carbocycles. The Balaban J connectivity index is 1.37. The Labute approximate surface area is 226 Å². The Kier molecular flexibility index (Phi) is 7.50. The number of benzene rings is 4. The molecule has 7 heteroatoms.